The molecule has 1 aliphatic heterocycles. The standard InChI is InChI=1S/C21H23N3O4S/c1-21(20(26)22-9-10-27-2)13-23-17(12-14-8-11-29-19(14)23)18(25)24(21)15-4-6-16(28-3)7-5-15/h4-8,11-12H,9-10,13H2,1-3H3,(H,22,26)/t21-/m0/s1. The number of carbonyl (C=O) groups excluding carboxylic acids is 2. The van der Waals surface area contributed by atoms with E-state index in [1.54, 1.807) is 61.6 Å². The van der Waals surface area contributed by atoms with Crippen molar-refractivity contribution in [1.82, 2.24) is 9.88 Å². The van der Waals surface area contributed by atoms with E-state index in [4.69, 9.17) is 9.47 Å². The molecule has 0 unspecified atom stereocenters. The largest absolute Gasteiger partial charge is 0.497 e. The average molecular weight is 413 g/mol. The fraction of sp³-hybridized carbons (Fsp3) is 0.333. The van der Waals surface area contributed by atoms with Gasteiger partial charge < -0.3 is 19.4 Å². The maximum Gasteiger partial charge on any atom is 0.275 e. The Morgan fingerprint density at radius 3 is 2.69 bits per heavy atom. The quantitative estimate of drug-likeness (QED) is 0.631. The lowest BCUT2D eigenvalue weighted by molar-refractivity contribution is -0.126. The van der Waals surface area contributed by atoms with Gasteiger partial charge in [0.15, 0.2) is 0 Å². The molecule has 3 heterocycles. The van der Waals surface area contributed by atoms with Crippen molar-refractivity contribution in [2.24, 2.45) is 0 Å². The first-order valence-corrected chi connectivity index (χ1v) is 10.2. The number of amides is 2. The Balaban J connectivity index is 1.80. The van der Waals surface area contributed by atoms with E-state index in [-0.39, 0.29) is 11.8 Å². The van der Waals surface area contributed by atoms with Crippen molar-refractivity contribution in [2.45, 2.75) is 19.0 Å². The van der Waals surface area contributed by atoms with Gasteiger partial charge in [-0.1, -0.05) is 0 Å². The molecule has 0 aliphatic carbocycles. The monoisotopic (exact) mass is 413 g/mol. The minimum atomic E-state index is -1.09. The van der Waals surface area contributed by atoms with E-state index in [1.165, 1.54) is 0 Å². The van der Waals surface area contributed by atoms with E-state index in [9.17, 15) is 9.59 Å². The molecule has 152 valence electrons. The molecule has 0 spiro atoms. The molecule has 0 saturated carbocycles. The smallest absolute Gasteiger partial charge is 0.275 e. The number of nitrogens with one attached hydrogen (secondary N) is 1. The van der Waals surface area contributed by atoms with Crippen molar-refractivity contribution in [3.05, 3.63) is 47.5 Å². The highest BCUT2D eigenvalue weighted by molar-refractivity contribution is 7.16. The molecule has 0 radical (unpaired) electrons. The molecule has 1 N–H and O–H groups in total. The third-order valence-corrected chi connectivity index (χ3v) is 6.25. The lowest BCUT2D eigenvalue weighted by Crippen LogP contribution is -2.64. The molecule has 29 heavy (non-hydrogen) atoms. The normalized spacial score (nSPS) is 18.7. The van der Waals surface area contributed by atoms with Crippen molar-refractivity contribution >= 4 is 39.1 Å². The van der Waals surface area contributed by atoms with E-state index in [2.05, 4.69) is 5.32 Å². The predicted octanol–water partition coefficient (Wildman–Crippen LogP) is 2.89. The molecular weight excluding hydrogens is 390 g/mol. The molecule has 3 aromatic rings. The minimum absolute atomic E-state index is 0.200. The third kappa shape index (κ3) is 3.18. The van der Waals surface area contributed by atoms with Crippen molar-refractivity contribution < 1.29 is 19.1 Å². The first-order chi connectivity index (χ1) is 14.0. The summed E-state index contributed by atoms with van der Waals surface area (Å²) in [6.07, 6.45) is 0. The summed E-state index contributed by atoms with van der Waals surface area (Å²) in [5.41, 5.74) is 0.142. The van der Waals surface area contributed by atoms with Crippen LogP contribution in [0.3, 0.4) is 0 Å². The molecule has 1 aromatic carbocycles. The molecule has 7 nitrogen and oxygen atoms in total. The SMILES string of the molecule is COCCNC(=O)[C@]1(C)Cn2c(cc3ccsc32)C(=O)N1c1ccc(OC)cc1. The zero-order chi connectivity index (χ0) is 20.6. The van der Waals surface area contributed by atoms with Gasteiger partial charge >= 0.3 is 0 Å². The molecule has 0 bridgehead atoms. The molecule has 2 aromatic heterocycles. The second kappa shape index (κ2) is 7.53. The summed E-state index contributed by atoms with van der Waals surface area (Å²) in [5.74, 6) is 0.269. The van der Waals surface area contributed by atoms with Gasteiger partial charge in [-0.2, -0.15) is 0 Å². The van der Waals surface area contributed by atoms with Crippen molar-refractivity contribution in [3.8, 4) is 5.75 Å². The second-order valence-electron chi connectivity index (χ2n) is 7.16. The van der Waals surface area contributed by atoms with E-state index in [0.29, 0.717) is 36.8 Å². The van der Waals surface area contributed by atoms with E-state index in [0.717, 1.165) is 10.2 Å². The number of hydrogen-bond acceptors (Lipinski definition) is 5. The Morgan fingerprint density at radius 2 is 2.00 bits per heavy atom. The van der Waals surface area contributed by atoms with Crippen LogP contribution < -0.4 is 15.0 Å². The third-order valence-electron chi connectivity index (χ3n) is 5.30. The van der Waals surface area contributed by atoms with Gasteiger partial charge in [0.05, 0.1) is 20.3 Å². The summed E-state index contributed by atoms with van der Waals surface area (Å²) < 4.78 is 12.2. The van der Waals surface area contributed by atoms with Gasteiger partial charge in [0.25, 0.3) is 5.91 Å². The summed E-state index contributed by atoms with van der Waals surface area (Å²) in [6, 6.07) is 11.1. The Kier molecular flexibility index (Phi) is 5.06. The number of carbonyl (C=O) groups is 2. The van der Waals surface area contributed by atoms with Gasteiger partial charge in [-0.25, -0.2) is 0 Å². The maximum atomic E-state index is 13.6. The Morgan fingerprint density at radius 1 is 1.24 bits per heavy atom. The highest BCUT2D eigenvalue weighted by atomic mass is 32.1. The van der Waals surface area contributed by atoms with Gasteiger partial charge in [0.1, 0.15) is 21.8 Å². The number of anilines is 1. The number of rotatable bonds is 6. The summed E-state index contributed by atoms with van der Waals surface area (Å²) in [5, 5.41) is 5.91. The number of fused-ring (bicyclic) bond motifs is 3. The van der Waals surface area contributed by atoms with Crippen LogP contribution in [-0.2, 0) is 16.1 Å². The van der Waals surface area contributed by atoms with Crippen LogP contribution in [0.2, 0.25) is 0 Å². The summed E-state index contributed by atoms with van der Waals surface area (Å²) in [4.78, 5) is 29.4. The number of hydrogen-bond donors (Lipinski definition) is 1. The number of ether oxygens (including phenoxy) is 2. The molecule has 1 atom stereocenters. The Labute approximate surface area is 172 Å². The maximum absolute atomic E-state index is 13.6. The minimum Gasteiger partial charge on any atom is -0.497 e. The summed E-state index contributed by atoms with van der Waals surface area (Å²) >= 11 is 1.57. The molecule has 4 rings (SSSR count). The predicted molar refractivity (Wildman–Crippen MR) is 113 cm³/mol. The number of aromatic nitrogens is 1. The van der Waals surface area contributed by atoms with E-state index >= 15 is 0 Å². The van der Waals surface area contributed by atoms with Crippen molar-refractivity contribution in [1.29, 1.82) is 0 Å². The fourth-order valence-electron chi connectivity index (χ4n) is 3.79. The van der Waals surface area contributed by atoms with Gasteiger partial charge in [-0.15, -0.1) is 11.3 Å². The molecule has 0 saturated heterocycles. The summed E-state index contributed by atoms with van der Waals surface area (Å²) in [6.45, 7) is 2.95. The van der Waals surface area contributed by atoms with Crippen molar-refractivity contribution in [2.75, 3.05) is 32.3 Å². The second-order valence-corrected chi connectivity index (χ2v) is 8.05. The molecule has 2 amide bonds. The van der Waals surface area contributed by atoms with Gasteiger partial charge in [-0.3, -0.25) is 14.5 Å². The lowest BCUT2D eigenvalue weighted by Gasteiger charge is -2.44. The van der Waals surface area contributed by atoms with Crippen LogP contribution in [0.4, 0.5) is 5.69 Å². The highest BCUT2D eigenvalue weighted by Crippen LogP contribution is 2.37. The fourth-order valence-corrected chi connectivity index (χ4v) is 4.69. The first kappa shape index (κ1) is 19.5. The van der Waals surface area contributed by atoms with Crippen LogP contribution in [0.1, 0.15) is 17.4 Å². The Hall–Kier alpha value is -2.84. The zero-order valence-electron chi connectivity index (χ0n) is 16.6. The number of thiophene rings is 1. The first-order valence-electron chi connectivity index (χ1n) is 9.32. The van der Waals surface area contributed by atoms with Gasteiger partial charge in [-0.05, 0) is 48.7 Å². The van der Waals surface area contributed by atoms with Crippen LogP contribution in [0, 0.1) is 0 Å². The number of methoxy groups -OCH3 is 2. The van der Waals surface area contributed by atoms with Crippen LogP contribution in [0.25, 0.3) is 10.2 Å². The zero-order valence-corrected chi connectivity index (χ0v) is 17.4. The lowest BCUT2D eigenvalue weighted by atomic mass is 9.93. The summed E-state index contributed by atoms with van der Waals surface area (Å²) in [7, 11) is 3.18. The van der Waals surface area contributed by atoms with Crippen molar-refractivity contribution in [3.63, 3.8) is 0 Å². The van der Waals surface area contributed by atoms with Crippen LogP contribution >= 0.6 is 11.3 Å². The molecule has 0 fully saturated rings. The van der Waals surface area contributed by atoms with E-state index < -0.39 is 5.54 Å². The molecule has 1 aliphatic rings. The number of nitrogens with zero attached hydrogens (tertiary/aromatic N) is 2. The Bertz CT molecular complexity index is 1060. The van der Waals surface area contributed by atoms with Gasteiger partial charge in [0, 0.05) is 24.7 Å². The van der Waals surface area contributed by atoms with E-state index in [1.807, 2.05) is 22.1 Å². The highest BCUT2D eigenvalue weighted by Gasteiger charge is 2.48. The topological polar surface area (TPSA) is 72.8 Å². The van der Waals surface area contributed by atoms with Crippen LogP contribution in [0.5, 0.6) is 5.75 Å². The molecular formula is C21H23N3O4S. The van der Waals surface area contributed by atoms with Crippen LogP contribution in [0.15, 0.2) is 41.8 Å². The molecule has 8 heteroatoms. The number of benzene rings is 1. The van der Waals surface area contributed by atoms with Gasteiger partial charge in [0.2, 0.25) is 5.91 Å². The average Bonchev–Trinajstić information content (AvgIpc) is 3.31. The van der Waals surface area contributed by atoms with Crippen LogP contribution in [-0.4, -0.2) is 49.3 Å².